The third-order valence-electron chi connectivity index (χ3n) is 5.54. The first-order chi connectivity index (χ1) is 8.19. The highest BCUT2D eigenvalue weighted by atomic mass is 16.5. The predicted octanol–water partition coefficient (Wildman–Crippen LogP) is 1.68. The summed E-state index contributed by atoms with van der Waals surface area (Å²) in [5.41, 5.74) is 5.28. The minimum atomic E-state index is -0.552. The van der Waals surface area contributed by atoms with Crippen LogP contribution in [0.3, 0.4) is 0 Å². The van der Waals surface area contributed by atoms with Gasteiger partial charge in [-0.15, -0.1) is 0 Å². The molecule has 0 aromatic heterocycles. The van der Waals surface area contributed by atoms with Crippen LogP contribution < -0.4 is 5.73 Å². The molecule has 3 atom stereocenters. The number of nitrogens with two attached hydrogens (primary N) is 1. The highest BCUT2D eigenvalue weighted by Gasteiger charge is 2.54. The van der Waals surface area contributed by atoms with Crippen molar-refractivity contribution in [1.82, 2.24) is 0 Å². The maximum Gasteiger partial charge on any atom is 0.0741 e. The Bertz CT molecular complexity index is 284. The lowest BCUT2D eigenvalue weighted by molar-refractivity contribution is -0.121. The van der Waals surface area contributed by atoms with Crippen LogP contribution in [0.4, 0.5) is 0 Å². The molecule has 17 heavy (non-hydrogen) atoms. The molecule has 3 aliphatic rings. The zero-order chi connectivity index (χ0) is 11.9. The van der Waals surface area contributed by atoms with Crippen LogP contribution >= 0.6 is 0 Å². The molecule has 1 aliphatic heterocycles. The van der Waals surface area contributed by atoms with E-state index in [1.807, 2.05) is 0 Å². The molecule has 0 spiro atoms. The topological polar surface area (TPSA) is 55.5 Å². The Kier molecular flexibility index (Phi) is 2.96. The molecule has 0 bridgehead atoms. The van der Waals surface area contributed by atoms with E-state index in [0.29, 0.717) is 13.2 Å². The Balaban J connectivity index is 1.78. The van der Waals surface area contributed by atoms with Crippen LogP contribution in [-0.2, 0) is 4.74 Å². The van der Waals surface area contributed by atoms with Gasteiger partial charge in [0.25, 0.3) is 0 Å². The summed E-state index contributed by atoms with van der Waals surface area (Å²) < 4.78 is 5.54. The van der Waals surface area contributed by atoms with E-state index in [1.165, 1.54) is 25.7 Å². The first kappa shape index (κ1) is 11.9. The average molecular weight is 239 g/mol. The van der Waals surface area contributed by atoms with Crippen LogP contribution in [0.25, 0.3) is 0 Å². The lowest BCUT2D eigenvalue weighted by Crippen LogP contribution is -2.55. The zero-order valence-corrected chi connectivity index (χ0v) is 10.7. The number of aliphatic hydroxyl groups is 1. The van der Waals surface area contributed by atoms with Gasteiger partial charge < -0.3 is 15.6 Å². The molecule has 0 amide bonds. The minimum absolute atomic E-state index is 0.152. The van der Waals surface area contributed by atoms with Crippen LogP contribution in [0.15, 0.2) is 0 Å². The predicted molar refractivity (Wildman–Crippen MR) is 66.6 cm³/mol. The Morgan fingerprint density at radius 1 is 1.18 bits per heavy atom. The molecule has 2 aliphatic carbocycles. The summed E-state index contributed by atoms with van der Waals surface area (Å²) in [6, 6.07) is 0. The molecule has 0 aromatic carbocycles. The van der Waals surface area contributed by atoms with Gasteiger partial charge in [0, 0.05) is 18.6 Å². The van der Waals surface area contributed by atoms with Crippen molar-refractivity contribution in [2.45, 2.75) is 50.5 Å². The van der Waals surface area contributed by atoms with Crippen molar-refractivity contribution in [3.05, 3.63) is 0 Å². The van der Waals surface area contributed by atoms with Gasteiger partial charge in [-0.05, 0) is 50.4 Å². The summed E-state index contributed by atoms with van der Waals surface area (Å²) in [4.78, 5) is 0. The van der Waals surface area contributed by atoms with Gasteiger partial charge in [-0.2, -0.15) is 0 Å². The lowest BCUT2D eigenvalue weighted by Gasteiger charge is -2.48. The monoisotopic (exact) mass is 239 g/mol. The number of ether oxygens (including phenoxy) is 1. The molecular formula is C14H25NO2. The van der Waals surface area contributed by atoms with Crippen molar-refractivity contribution >= 4 is 0 Å². The molecule has 3 rings (SSSR count). The molecule has 0 aromatic rings. The van der Waals surface area contributed by atoms with Crippen molar-refractivity contribution in [3.8, 4) is 0 Å². The van der Waals surface area contributed by atoms with Gasteiger partial charge in [-0.25, -0.2) is 0 Å². The average Bonchev–Trinajstić information content (AvgIpc) is 3.07. The summed E-state index contributed by atoms with van der Waals surface area (Å²) in [6.07, 6.45) is 8.08. The zero-order valence-electron chi connectivity index (χ0n) is 10.7. The van der Waals surface area contributed by atoms with E-state index in [9.17, 15) is 5.11 Å². The van der Waals surface area contributed by atoms with Crippen LogP contribution in [0, 0.1) is 17.3 Å². The molecule has 2 saturated carbocycles. The Hall–Kier alpha value is -0.120. The van der Waals surface area contributed by atoms with Crippen molar-refractivity contribution in [3.63, 3.8) is 0 Å². The normalized spacial score (nSPS) is 47.3. The fourth-order valence-electron chi connectivity index (χ4n) is 4.07. The smallest absolute Gasteiger partial charge is 0.0741 e. The molecule has 1 heterocycles. The largest absolute Gasteiger partial charge is 0.389 e. The quantitative estimate of drug-likeness (QED) is 0.788. The van der Waals surface area contributed by atoms with E-state index in [2.05, 4.69) is 0 Å². The van der Waals surface area contributed by atoms with E-state index in [0.717, 1.165) is 37.7 Å². The minimum Gasteiger partial charge on any atom is -0.389 e. The molecule has 3 unspecified atom stereocenters. The van der Waals surface area contributed by atoms with Crippen LogP contribution in [0.2, 0.25) is 0 Å². The molecule has 3 nitrogen and oxygen atoms in total. The molecule has 98 valence electrons. The van der Waals surface area contributed by atoms with E-state index in [-0.39, 0.29) is 5.41 Å². The molecule has 1 saturated heterocycles. The fourth-order valence-corrected chi connectivity index (χ4v) is 4.07. The van der Waals surface area contributed by atoms with Gasteiger partial charge >= 0.3 is 0 Å². The van der Waals surface area contributed by atoms with E-state index < -0.39 is 5.60 Å². The molecule has 3 fully saturated rings. The number of rotatable bonds is 3. The van der Waals surface area contributed by atoms with Gasteiger partial charge in [0.15, 0.2) is 0 Å². The summed E-state index contributed by atoms with van der Waals surface area (Å²) in [7, 11) is 0. The Labute approximate surface area is 104 Å². The van der Waals surface area contributed by atoms with Crippen molar-refractivity contribution in [2.24, 2.45) is 23.0 Å². The second-order valence-corrected chi connectivity index (χ2v) is 6.51. The van der Waals surface area contributed by atoms with E-state index >= 15 is 0 Å². The highest BCUT2D eigenvalue weighted by molar-refractivity contribution is 5.05. The summed E-state index contributed by atoms with van der Waals surface area (Å²) >= 11 is 0. The highest BCUT2D eigenvalue weighted by Crippen LogP contribution is 2.53. The summed E-state index contributed by atoms with van der Waals surface area (Å²) in [5, 5.41) is 11.1. The van der Waals surface area contributed by atoms with Crippen LogP contribution in [0.5, 0.6) is 0 Å². The second-order valence-electron chi connectivity index (χ2n) is 6.51. The first-order valence-electron chi connectivity index (χ1n) is 7.19. The second kappa shape index (κ2) is 4.22. The van der Waals surface area contributed by atoms with Gasteiger partial charge in [-0.1, -0.05) is 6.42 Å². The van der Waals surface area contributed by atoms with E-state index in [1.54, 1.807) is 0 Å². The molecule has 0 radical (unpaired) electrons. The van der Waals surface area contributed by atoms with Gasteiger partial charge in [-0.3, -0.25) is 0 Å². The summed E-state index contributed by atoms with van der Waals surface area (Å²) in [6.45, 7) is 2.01. The maximum atomic E-state index is 11.1. The molecule has 3 heteroatoms. The Morgan fingerprint density at radius 3 is 2.59 bits per heavy atom. The Morgan fingerprint density at radius 2 is 2.00 bits per heavy atom. The SMILES string of the molecule is NCC1(C2(O)CCCC(C3CC3)C2)CCOC1. The van der Waals surface area contributed by atoms with Gasteiger partial charge in [0.1, 0.15) is 0 Å². The van der Waals surface area contributed by atoms with E-state index in [4.69, 9.17) is 10.5 Å². The standard InChI is InChI=1S/C14H25NO2/c15-9-13(6-7-17-10-13)14(16)5-1-2-12(8-14)11-3-4-11/h11-12,16H,1-10,15H2. The van der Waals surface area contributed by atoms with Crippen molar-refractivity contribution in [2.75, 3.05) is 19.8 Å². The number of hydrogen-bond donors (Lipinski definition) is 2. The van der Waals surface area contributed by atoms with Crippen LogP contribution in [-0.4, -0.2) is 30.5 Å². The van der Waals surface area contributed by atoms with Crippen LogP contribution in [0.1, 0.15) is 44.9 Å². The number of hydrogen-bond acceptors (Lipinski definition) is 3. The van der Waals surface area contributed by atoms with Crippen molar-refractivity contribution < 1.29 is 9.84 Å². The van der Waals surface area contributed by atoms with Gasteiger partial charge in [0.2, 0.25) is 0 Å². The molecule has 3 N–H and O–H groups in total. The first-order valence-corrected chi connectivity index (χ1v) is 7.19. The van der Waals surface area contributed by atoms with Gasteiger partial charge in [0.05, 0.1) is 12.2 Å². The summed E-state index contributed by atoms with van der Waals surface area (Å²) in [5.74, 6) is 1.65. The third kappa shape index (κ3) is 1.92. The fraction of sp³-hybridized carbons (Fsp3) is 1.00. The maximum absolute atomic E-state index is 11.1. The van der Waals surface area contributed by atoms with Crippen molar-refractivity contribution in [1.29, 1.82) is 0 Å². The lowest BCUT2D eigenvalue weighted by atomic mass is 9.61. The third-order valence-corrected chi connectivity index (χ3v) is 5.54. The molecular weight excluding hydrogens is 214 g/mol.